The number of aromatic nitrogens is 1. The number of methoxy groups -OCH3 is 1. The predicted molar refractivity (Wildman–Crippen MR) is 102 cm³/mol. The summed E-state index contributed by atoms with van der Waals surface area (Å²) in [5, 5.41) is 5.91. The van der Waals surface area contributed by atoms with Crippen LogP contribution >= 0.6 is 11.3 Å². The second kappa shape index (κ2) is 9.42. The van der Waals surface area contributed by atoms with Gasteiger partial charge in [0.15, 0.2) is 0 Å². The van der Waals surface area contributed by atoms with Gasteiger partial charge in [0.1, 0.15) is 11.5 Å². The Morgan fingerprint density at radius 2 is 2.16 bits per heavy atom. The zero-order valence-corrected chi connectivity index (χ0v) is 16.1. The minimum Gasteiger partial charge on any atom is -0.497 e. The summed E-state index contributed by atoms with van der Waals surface area (Å²) < 4.78 is 11.0. The fourth-order valence-corrected chi connectivity index (χ4v) is 3.05. The molecule has 1 heterocycles. The molecule has 6 heteroatoms. The lowest BCUT2D eigenvalue weighted by Gasteiger charge is -2.13. The highest BCUT2D eigenvalue weighted by molar-refractivity contribution is 7.09. The molecule has 0 fully saturated rings. The van der Waals surface area contributed by atoms with E-state index in [0.717, 1.165) is 23.5 Å². The Balaban J connectivity index is 2.06. The Bertz CT molecular complexity index is 698. The van der Waals surface area contributed by atoms with Gasteiger partial charge in [-0.3, -0.25) is 4.79 Å². The largest absolute Gasteiger partial charge is 0.497 e. The van der Waals surface area contributed by atoms with Gasteiger partial charge in [-0.1, -0.05) is 27.2 Å². The molecule has 0 unspecified atom stereocenters. The van der Waals surface area contributed by atoms with Crippen LogP contribution in [0.2, 0.25) is 0 Å². The fourth-order valence-electron chi connectivity index (χ4n) is 2.21. The van der Waals surface area contributed by atoms with Gasteiger partial charge >= 0.3 is 0 Å². The molecule has 136 valence electrons. The molecule has 2 aromatic rings. The first kappa shape index (κ1) is 19.2. The van der Waals surface area contributed by atoms with Crippen molar-refractivity contribution in [3.8, 4) is 11.5 Å². The van der Waals surface area contributed by atoms with Gasteiger partial charge in [0, 0.05) is 17.4 Å². The van der Waals surface area contributed by atoms with Crippen LogP contribution in [-0.4, -0.2) is 24.6 Å². The first-order valence-electron chi connectivity index (χ1n) is 8.58. The summed E-state index contributed by atoms with van der Waals surface area (Å²) in [6, 6.07) is 5.43. The first-order chi connectivity index (χ1) is 12.0. The average Bonchev–Trinajstić information content (AvgIpc) is 3.05. The monoisotopic (exact) mass is 362 g/mol. The lowest BCUT2D eigenvalue weighted by molar-refractivity contribution is -0.115. The SMILES string of the molecule is CCCCOc1ccc(OC)cc1NC(=O)Cc1csc(C(C)C)n1. The van der Waals surface area contributed by atoms with Crippen LogP contribution in [0.15, 0.2) is 23.6 Å². The van der Waals surface area contributed by atoms with Gasteiger partial charge in [-0.15, -0.1) is 11.3 Å². The second-order valence-electron chi connectivity index (χ2n) is 6.12. The maximum atomic E-state index is 12.4. The minimum absolute atomic E-state index is 0.116. The van der Waals surface area contributed by atoms with Crippen LogP contribution in [-0.2, 0) is 11.2 Å². The van der Waals surface area contributed by atoms with Gasteiger partial charge in [-0.25, -0.2) is 4.98 Å². The smallest absolute Gasteiger partial charge is 0.230 e. The van der Waals surface area contributed by atoms with Crippen molar-refractivity contribution in [3.63, 3.8) is 0 Å². The van der Waals surface area contributed by atoms with Crippen LogP contribution < -0.4 is 14.8 Å². The molecule has 0 aliphatic heterocycles. The van der Waals surface area contributed by atoms with Crippen molar-refractivity contribution in [1.29, 1.82) is 0 Å². The molecule has 2 rings (SSSR count). The standard InChI is InChI=1S/C19H26N2O3S/c1-5-6-9-24-17-8-7-15(23-4)11-16(17)21-18(22)10-14-12-25-19(20-14)13(2)3/h7-8,11-13H,5-6,9-10H2,1-4H3,(H,21,22). The Labute approximate surface area is 153 Å². The first-order valence-corrected chi connectivity index (χ1v) is 9.46. The summed E-state index contributed by atoms with van der Waals surface area (Å²) in [5.41, 5.74) is 1.42. The molecule has 0 saturated carbocycles. The molecule has 0 saturated heterocycles. The number of nitrogens with one attached hydrogen (secondary N) is 1. The highest BCUT2D eigenvalue weighted by atomic mass is 32.1. The van der Waals surface area contributed by atoms with E-state index in [2.05, 4.69) is 31.1 Å². The summed E-state index contributed by atoms with van der Waals surface area (Å²) in [6.45, 7) is 6.92. The number of anilines is 1. The molecule has 1 aromatic carbocycles. The number of hydrogen-bond acceptors (Lipinski definition) is 5. The van der Waals surface area contributed by atoms with Crippen LogP contribution in [0.5, 0.6) is 11.5 Å². The van der Waals surface area contributed by atoms with E-state index < -0.39 is 0 Å². The zero-order chi connectivity index (χ0) is 18.2. The molecular weight excluding hydrogens is 336 g/mol. The van der Waals surface area contributed by atoms with Gasteiger partial charge in [0.2, 0.25) is 5.91 Å². The molecule has 25 heavy (non-hydrogen) atoms. The van der Waals surface area contributed by atoms with Crippen molar-refractivity contribution in [2.75, 3.05) is 19.0 Å². The molecule has 1 amide bonds. The lowest BCUT2D eigenvalue weighted by Crippen LogP contribution is -2.15. The highest BCUT2D eigenvalue weighted by Crippen LogP contribution is 2.29. The van der Waals surface area contributed by atoms with Gasteiger partial charge in [-0.05, 0) is 18.6 Å². The van der Waals surface area contributed by atoms with Crippen LogP contribution in [0, 0.1) is 0 Å². The summed E-state index contributed by atoms with van der Waals surface area (Å²) in [4.78, 5) is 16.9. The predicted octanol–water partition coefficient (Wildman–Crippen LogP) is 4.64. The van der Waals surface area contributed by atoms with Gasteiger partial charge in [0.05, 0.1) is 36.5 Å². The summed E-state index contributed by atoms with van der Waals surface area (Å²) in [7, 11) is 1.60. The number of amides is 1. The molecule has 1 N–H and O–H groups in total. The van der Waals surface area contributed by atoms with E-state index in [1.54, 1.807) is 24.5 Å². The normalized spacial score (nSPS) is 10.8. The molecule has 0 atom stereocenters. The number of ether oxygens (including phenoxy) is 2. The topological polar surface area (TPSA) is 60.5 Å². The van der Waals surface area contributed by atoms with Crippen LogP contribution in [0.25, 0.3) is 0 Å². The van der Waals surface area contributed by atoms with E-state index in [-0.39, 0.29) is 12.3 Å². The third-order valence-corrected chi connectivity index (χ3v) is 4.82. The minimum atomic E-state index is -0.116. The Kier molecular flexibility index (Phi) is 7.25. The third-order valence-electron chi connectivity index (χ3n) is 3.62. The fraction of sp³-hybridized carbons (Fsp3) is 0.474. The van der Waals surface area contributed by atoms with Crippen molar-refractivity contribution in [3.05, 3.63) is 34.3 Å². The zero-order valence-electron chi connectivity index (χ0n) is 15.3. The van der Waals surface area contributed by atoms with Gasteiger partial charge in [0.25, 0.3) is 0 Å². The summed E-state index contributed by atoms with van der Waals surface area (Å²) >= 11 is 1.59. The van der Waals surface area contributed by atoms with Crippen molar-refractivity contribution in [1.82, 2.24) is 4.98 Å². The van der Waals surface area contributed by atoms with Crippen LogP contribution in [0.4, 0.5) is 5.69 Å². The Morgan fingerprint density at radius 3 is 2.80 bits per heavy atom. The summed E-state index contributed by atoms with van der Waals surface area (Å²) in [5.74, 6) is 1.59. The number of hydrogen-bond donors (Lipinski definition) is 1. The van der Waals surface area contributed by atoms with E-state index in [1.165, 1.54) is 0 Å². The quantitative estimate of drug-likeness (QED) is 0.661. The molecular formula is C19H26N2O3S. The van der Waals surface area contributed by atoms with Gasteiger partial charge < -0.3 is 14.8 Å². The number of carbonyl (C=O) groups is 1. The van der Waals surface area contributed by atoms with Gasteiger partial charge in [-0.2, -0.15) is 0 Å². The molecule has 0 spiro atoms. The van der Waals surface area contributed by atoms with E-state index in [0.29, 0.717) is 29.7 Å². The van der Waals surface area contributed by atoms with Crippen LogP contribution in [0.3, 0.4) is 0 Å². The maximum Gasteiger partial charge on any atom is 0.230 e. The molecule has 1 aromatic heterocycles. The number of carbonyl (C=O) groups excluding carboxylic acids is 1. The van der Waals surface area contributed by atoms with Crippen molar-refractivity contribution >= 4 is 22.9 Å². The van der Waals surface area contributed by atoms with Crippen molar-refractivity contribution in [2.24, 2.45) is 0 Å². The van der Waals surface area contributed by atoms with Crippen LogP contribution in [0.1, 0.15) is 50.2 Å². The van der Waals surface area contributed by atoms with E-state index in [1.807, 2.05) is 17.5 Å². The third kappa shape index (κ3) is 5.74. The highest BCUT2D eigenvalue weighted by Gasteiger charge is 2.13. The molecule has 0 radical (unpaired) electrons. The average molecular weight is 362 g/mol. The number of rotatable bonds is 9. The number of benzene rings is 1. The molecule has 0 aliphatic carbocycles. The number of nitrogens with zero attached hydrogens (tertiary/aromatic N) is 1. The lowest BCUT2D eigenvalue weighted by atomic mass is 10.2. The number of unbranched alkanes of at least 4 members (excludes halogenated alkanes) is 1. The van der Waals surface area contributed by atoms with E-state index >= 15 is 0 Å². The molecule has 0 aliphatic rings. The van der Waals surface area contributed by atoms with E-state index in [4.69, 9.17) is 9.47 Å². The van der Waals surface area contributed by atoms with Crippen molar-refractivity contribution < 1.29 is 14.3 Å². The maximum absolute atomic E-state index is 12.4. The van der Waals surface area contributed by atoms with E-state index in [9.17, 15) is 4.79 Å². The second-order valence-corrected chi connectivity index (χ2v) is 7.01. The number of thiazole rings is 1. The summed E-state index contributed by atoms with van der Waals surface area (Å²) in [6.07, 6.45) is 2.27. The Hall–Kier alpha value is -2.08. The Morgan fingerprint density at radius 1 is 1.36 bits per heavy atom. The molecule has 5 nitrogen and oxygen atoms in total. The molecule has 0 bridgehead atoms. The van der Waals surface area contributed by atoms with Crippen molar-refractivity contribution in [2.45, 2.75) is 46.0 Å².